The molecule has 0 atom stereocenters. The van der Waals surface area contributed by atoms with E-state index in [0.717, 1.165) is 10.2 Å². The number of nitriles is 1. The molecule has 0 aliphatic carbocycles. The maximum atomic E-state index is 11.8. The number of hydrogen-bond donors (Lipinski definition) is 0. The third kappa shape index (κ3) is 2.88. The van der Waals surface area contributed by atoms with Crippen molar-refractivity contribution in [3.63, 3.8) is 0 Å². The van der Waals surface area contributed by atoms with Gasteiger partial charge in [0.05, 0.1) is 17.3 Å². The molecule has 22 heavy (non-hydrogen) atoms. The third-order valence-corrected chi connectivity index (χ3v) is 2.98. The van der Waals surface area contributed by atoms with E-state index in [1.165, 1.54) is 0 Å². The quantitative estimate of drug-likeness (QED) is 0.737. The molecule has 6 nitrogen and oxygen atoms in total. The molecule has 0 spiro atoms. The van der Waals surface area contributed by atoms with Gasteiger partial charge in [0.2, 0.25) is 0 Å². The van der Waals surface area contributed by atoms with Gasteiger partial charge in [-0.15, -0.1) is 0 Å². The van der Waals surface area contributed by atoms with Gasteiger partial charge in [-0.25, -0.2) is 4.79 Å². The highest BCUT2D eigenvalue weighted by atomic mass is 16.6. The van der Waals surface area contributed by atoms with Crippen LogP contribution in [0.25, 0.3) is 5.69 Å². The number of ether oxygens (including phenoxy) is 1. The predicted molar refractivity (Wildman–Crippen MR) is 77.6 cm³/mol. The number of hydrogen-bond acceptors (Lipinski definition) is 5. The average Bonchev–Trinajstić information content (AvgIpc) is 2.95. The Hall–Kier alpha value is -3.33. The van der Waals surface area contributed by atoms with Gasteiger partial charge in [-0.2, -0.15) is 9.94 Å². The molecule has 0 aliphatic rings. The minimum Gasteiger partial charge on any atom is -0.444 e. The van der Waals surface area contributed by atoms with Crippen LogP contribution in [0.2, 0.25) is 0 Å². The Balaban J connectivity index is 1.78. The van der Waals surface area contributed by atoms with Gasteiger partial charge in [0.15, 0.2) is 0 Å². The molecular formula is C16H11N3O3. The number of rotatable bonds is 4. The number of nitrogens with zero attached hydrogens (tertiary/aromatic N) is 3. The van der Waals surface area contributed by atoms with E-state index < -0.39 is 5.76 Å². The molecule has 6 heteroatoms. The summed E-state index contributed by atoms with van der Waals surface area (Å²) in [5.41, 5.74) is 1.95. The van der Waals surface area contributed by atoms with Crippen molar-refractivity contribution in [3.8, 4) is 17.8 Å². The SMILES string of the molecule is N#Cc1ccc(-n2nc(OCc3ccccc3)oc2=O)cc1. The first-order valence-corrected chi connectivity index (χ1v) is 6.54. The summed E-state index contributed by atoms with van der Waals surface area (Å²) in [4.78, 5) is 11.8. The summed E-state index contributed by atoms with van der Waals surface area (Å²) in [5.74, 6) is -0.646. The van der Waals surface area contributed by atoms with Crippen LogP contribution in [0.15, 0.2) is 63.8 Å². The van der Waals surface area contributed by atoms with Gasteiger partial charge in [-0.3, -0.25) is 0 Å². The molecule has 0 unspecified atom stereocenters. The highest BCUT2D eigenvalue weighted by molar-refractivity contribution is 5.38. The van der Waals surface area contributed by atoms with Crippen molar-refractivity contribution in [1.82, 2.24) is 9.78 Å². The van der Waals surface area contributed by atoms with Gasteiger partial charge in [-0.05, 0) is 29.8 Å². The molecule has 0 saturated heterocycles. The molecule has 0 N–H and O–H groups in total. The first kappa shape index (κ1) is 13.6. The van der Waals surface area contributed by atoms with Crippen molar-refractivity contribution in [2.75, 3.05) is 0 Å². The van der Waals surface area contributed by atoms with E-state index in [4.69, 9.17) is 14.4 Å². The Morgan fingerprint density at radius 3 is 2.55 bits per heavy atom. The third-order valence-electron chi connectivity index (χ3n) is 2.98. The largest absolute Gasteiger partial charge is 0.444 e. The summed E-state index contributed by atoms with van der Waals surface area (Å²) < 4.78 is 11.4. The van der Waals surface area contributed by atoms with Gasteiger partial charge in [0.1, 0.15) is 6.61 Å². The fourth-order valence-corrected chi connectivity index (χ4v) is 1.88. The molecule has 0 fully saturated rings. The molecule has 1 heterocycles. The van der Waals surface area contributed by atoms with Crippen molar-refractivity contribution in [1.29, 1.82) is 5.26 Å². The summed E-state index contributed by atoms with van der Waals surface area (Å²) in [6.07, 6.45) is -0.0989. The van der Waals surface area contributed by atoms with Crippen molar-refractivity contribution in [2.24, 2.45) is 0 Å². The summed E-state index contributed by atoms with van der Waals surface area (Å²) >= 11 is 0. The smallest absolute Gasteiger partial charge is 0.444 e. The van der Waals surface area contributed by atoms with E-state index in [1.807, 2.05) is 36.4 Å². The Kier molecular flexibility index (Phi) is 3.70. The Morgan fingerprint density at radius 1 is 1.14 bits per heavy atom. The lowest BCUT2D eigenvalue weighted by atomic mass is 10.2. The van der Waals surface area contributed by atoms with E-state index in [-0.39, 0.29) is 12.7 Å². The molecule has 0 bridgehead atoms. The van der Waals surface area contributed by atoms with E-state index in [0.29, 0.717) is 11.3 Å². The second kappa shape index (κ2) is 5.97. The molecule has 3 aromatic rings. The molecule has 1 aromatic heterocycles. The van der Waals surface area contributed by atoms with Gasteiger partial charge >= 0.3 is 11.8 Å². The van der Waals surface area contributed by atoms with Crippen LogP contribution in [-0.2, 0) is 6.61 Å². The van der Waals surface area contributed by atoms with Crippen molar-refractivity contribution in [2.45, 2.75) is 6.61 Å². The zero-order valence-electron chi connectivity index (χ0n) is 11.5. The van der Waals surface area contributed by atoms with Crippen LogP contribution in [0.4, 0.5) is 0 Å². The molecule has 0 aliphatic heterocycles. The second-order valence-electron chi connectivity index (χ2n) is 4.48. The predicted octanol–water partition coefficient (Wildman–Crippen LogP) is 2.28. The Bertz CT molecular complexity index is 858. The van der Waals surface area contributed by atoms with Gasteiger partial charge in [0.25, 0.3) is 0 Å². The highest BCUT2D eigenvalue weighted by Gasteiger charge is 2.11. The van der Waals surface area contributed by atoms with Crippen LogP contribution in [0.5, 0.6) is 6.08 Å². The van der Waals surface area contributed by atoms with Crippen LogP contribution in [-0.4, -0.2) is 9.78 Å². The van der Waals surface area contributed by atoms with E-state index >= 15 is 0 Å². The zero-order valence-corrected chi connectivity index (χ0v) is 11.5. The number of benzene rings is 2. The summed E-state index contributed by atoms with van der Waals surface area (Å²) in [6.45, 7) is 0.258. The summed E-state index contributed by atoms with van der Waals surface area (Å²) in [6, 6.07) is 17.9. The molecule has 0 radical (unpaired) electrons. The maximum absolute atomic E-state index is 11.8. The van der Waals surface area contributed by atoms with Crippen molar-refractivity contribution >= 4 is 0 Å². The first-order chi connectivity index (χ1) is 10.8. The van der Waals surface area contributed by atoms with E-state index in [2.05, 4.69) is 5.10 Å². The van der Waals surface area contributed by atoms with Crippen LogP contribution >= 0.6 is 0 Å². The lowest BCUT2D eigenvalue weighted by molar-refractivity contribution is 0.215. The second-order valence-corrected chi connectivity index (χ2v) is 4.48. The standard InChI is InChI=1S/C16H11N3O3/c17-10-12-6-8-14(9-7-12)19-16(20)22-15(18-19)21-11-13-4-2-1-3-5-13/h1-9H,11H2. The van der Waals surface area contributed by atoms with Crippen LogP contribution < -0.4 is 10.5 Å². The van der Waals surface area contributed by atoms with Crippen LogP contribution in [0.1, 0.15) is 11.1 Å². The van der Waals surface area contributed by atoms with E-state index in [9.17, 15) is 4.79 Å². The topological polar surface area (TPSA) is 81.1 Å². The maximum Gasteiger partial charge on any atom is 0.444 e. The van der Waals surface area contributed by atoms with Gasteiger partial charge < -0.3 is 9.15 Å². The fraction of sp³-hybridized carbons (Fsp3) is 0.0625. The molecule has 0 amide bonds. The molecule has 3 rings (SSSR count). The Morgan fingerprint density at radius 2 is 1.86 bits per heavy atom. The van der Waals surface area contributed by atoms with Crippen LogP contribution in [0, 0.1) is 11.3 Å². The minimum atomic E-state index is -0.646. The normalized spacial score (nSPS) is 10.1. The summed E-state index contributed by atoms with van der Waals surface area (Å²) in [7, 11) is 0. The highest BCUT2D eigenvalue weighted by Crippen LogP contribution is 2.11. The monoisotopic (exact) mass is 293 g/mol. The Labute approximate surface area is 125 Å². The summed E-state index contributed by atoms with van der Waals surface area (Å²) in [5, 5.41) is 12.7. The molecule has 0 saturated carbocycles. The van der Waals surface area contributed by atoms with Crippen molar-refractivity contribution in [3.05, 3.63) is 76.3 Å². The minimum absolute atomic E-state index is 0.0989. The van der Waals surface area contributed by atoms with E-state index in [1.54, 1.807) is 24.3 Å². The lowest BCUT2D eigenvalue weighted by Crippen LogP contribution is -2.13. The number of aromatic nitrogens is 2. The molecule has 2 aromatic carbocycles. The molecular weight excluding hydrogens is 282 g/mol. The fourth-order valence-electron chi connectivity index (χ4n) is 1.88. The van der Waals surface area contributed by atoms with Crippen LogP contribution in [0.3, 0.4) is 0 Å². The average molecular weight is 293 g/mol. The van der Waals surface area contributed by atoms with Gasteiger partial charge in [-0.1, -0.05) is 35.4 Å². The van der Waals surface area contributed by atoms with Gasteiger partial charge in [0, 0.05) is 0 Å². The lowest BCUT2D eigenvalue weighted by Gasteiger charge is -2.00. The first-order valence-electron chi connectivity index (χ1n) is 6.54. The zero-order chi connectivity index (χ0) is 15.4. The molecule has 108 valence electrons. The van der Waals surface area contributed by atoms with Crippen molar-refractivity contribution < 1.29 is 9.15 Å².